The molecule has 0 aliphatic carbocycles. The number of carbonyl (C=O) groups is 2. The Morgan fingerprint density at radius 1 is 1.12 bits per heavy atom. The molecule has 0 bridgehead atoms. The Kier molecular flexibility index (Phi) is 4.86. The van der Waals surface area contributed by atoms with Crippen LogP contribution in [0.15, 0.2) is 57.7 Å². The summed E-state index contributed by atoms with van der Waals surface area (Å²) in [6.07, 6.45) is -1.14. The molecule has 3 aromatic rings. The topological polar surface area (TPSA) is 73.6 Å². The molecule has 0 aliphatic rings. The zero-order valence-corrected chi connectivity index (χ0v) is 14.2. The fourth-order valence-corrected chi connectivity index (χ4v) is 2.52. The molecular weight excluding hydrogens is 363 g/mol. The van der Waals surface area contributed by atoms with Crippen LogP contribution in [0.1, 0.15) is 27.8 Å². The lowest BCUT2D eigenvalue weighted by Gasteiger charge is -2.12. The van der Waals surface area contributed by atoms with Crippen molar-refractivity contribution in [2.45, 2.75) is 13.0 Å². The summed E-state index contributed by atoms with van der Waals surface area (Å²) in [6.45, 7) is 1.38. The van der Waals surface area contributed by atoms with Crippen LogP contribution in [0.2, 0.25) is 5.02 Å². The maximum atomic E-state index is 12.9. The molecule has 1 heterocycles. The highest BCUT2D eigenvalue weighted by Crippen LogP contribution is 2.18. The van der Waals surface area contributed by atoms with E-state index in [1.165, 1.54) is 37.3 Å². The van der Waals surface area contributed by atoms with Crippen LogP contribution in [0.5, 0.6) is 0 Å². The average molecular weight is 375 g/mol. The van der Waals surface area contributed by atoms with Gasteiger partial charge in [0.1, 0.15) is 11.4 Å². The molecule has 0 unspecified atom stereocenters. The molecule has 1 atom stereocenters. The van der Waals surface area contributed by atoms with Gasteiger partial charge in [0, 0.05) is 16.7 Å². The third kappa shape index (κ3) is 3.65. The lowest BCUT2D eigenvalue weighted by molar-refractivity contribution is 0.0289. The van der Waals surface area contributed by atoms with E-state index in [2.05, 4.69) is 0 Å². The number of rotatable bonds is 4. The van der Waals surface area contributed by atoms with Gasteiger partial charge in [-0.05, 0) is 49.4 Å². The third-order valence-electron chi connectivity index (χ3n) is 3.67. The highest BCUT2D eigenvalue weighted by atomic mass is 35.5. The van der Waals surface area contributed by atoms with E-state index in [1.54, 1.807) is 0 Å². The zero-order chi connectivity index (χ0) is 18.8. The summed E-state index contributed by atoms with van der Waals surface area (Å²) in [5.41, 5.74) is -0.0918. The number of carbonyl (C=O) groups excluding carboxylic acids is 2. The first-order chi connectivity index (χ1) is 12.3. The molecule has 0 N–H and O–H groups in total. The minimum absolute atomic E-state index is 0.173. The number of benzene rings is 2. The van der Waals surface area contributed by atoms with Crippen molar-refractivity contribution >= 4 is 34.3 Å². The van der Waals surface area contributed by atoms with Crippen LogP contribution >= 0.6 is 11.6 Å². The van der Waals surface area contributed by atoms with Gasteiger partial charge in [-0.2, -0.15) is 0 Å². The number of ketones is 1. The summed E-state index contributed by atoms with van der Waals surface area (Å²) in [5, 5.41) is 0.586. The fourth-order valence-electron chi connectivity index (χ4n) is 2.35. The van der Waals surface area contributed by atoms with Crippen molar-refractivity contribution in [3.8, 4) is 0 Å². The Labute approximate surface area is 152 Å². The minimum Gasteiger partial charge on any atom is -0.449 e. The zero-order valence-electron chi connectivity index (χ0n) is 13.5. The van der Waals surface area contributed by atoms with E-state index in [-0.39, 0.29) is 22.3 Å². The molecule has 0 spiro atoms. The lowest BCUT2D eigenvalue weighted by atomic mass is 10.1. The number of ether oxygens (including phenoxy) is 1. The van der Waals surface area contributed by atoms with E-state index in [0.29, 0.717) is 5.02 Å². The van der Waals surface area contributed by atoms with Crippen molar-refractivity contribution in [1.82, 2.24) is 0 Å². The molecule has 0 fully saturated rings. The van der Waals surface area contributed by atoms with Crippen LogP contribution < -0.4 is 5.43 Å². The van der Waals surface area contributed by atoms with Crippen LogP contribution in [0.25, 0.3) is 11.0 Å². The van der Waals surface area contributed by atoms with E-state index in [4.69, 9.17) is 20.8 Å². The van der Waals surface area contributed by atoms with Gasteiger partial charge in [0.2, 0.25) is 11.5 Å². The second kappa shape index (κ2) is 7.09. The summed E-state index contributed by atoms with van der Waals surface area (Å²) in [6, 6.07) is 10.2. The Morgan fingerprint density at radius 3 is 2.50 bits per heavy atom. The van der Waals surface area contributed by atoms with Gasteiger partial charge in [0.05, 0.1) is 5.39 Å². The molecule has 2 aromatic carbocycles. The predicted octanol–water partition coefficient (Wildman–Crippen LogP) is 4.01. The van der Waals surface area contributed by atoms with Crippen molar-refractivity contribution in [3.05, 3.63) is 80.9 Å². The Morgan fingerprint density at radius 2 is 1.81 bits per heavy atom. The normalized spacial score (nSPS) is 12.0. The van der Waals surface area contributed by atoms with E-state index in [0.717, 1.165) is 18.2 Å². The highest BCUT2D eigenvalue weighted by molar-refractivity contribution is 6.31. The molecule has 0 amide bonds. The molecule has 132 valence electrons. The average Bonchev–Trinajstić information content (AvgIpc) is 2.62. The fraction of sp³-hybridized carbons (Fsp3) is 0.105. The lowest BCUT2D eigenvalue weighted by Crippen LogP contribution is -2.25. The molecule has 0 radical (unpaired) electrons. The largest absolute Gasteiger partial charge is 0.449 e. The Bertz CT molecular complexity index is 1060. The molecule has 3 rings (SSSR count). The molecule has 26 heavy (non-hydrogen) atoms. The van der Waals surface area contributed by atoms with Crippen LogP contribution in [-0.4, -0.2) is 17.9 Å². The van der Waals surface area contributed by atoms with Crippen molar-refractivity contribution < 1.29 is 23.1 Å². The number of esters is 1. The smallest absolute Gasteiger partial charge is 0.375 e. The minimum atomic E-state index is -1.14. The SMILES string of the molecule is C[C@H](OC(=O)c1cc(=O)c2cc(Cl)ccc2o1)C(=O)c1ccc(F)cc1. The van der Waals surface area contributed by atoms with Crippen LogP contribution in [0, 0.1) is 5.82 Å². The predicted molar refractivity (Wildman–Crippen MR) is 93.1 cm³/mol. The molecule has 0 saturated heterocycles. The first-order valence-electron chi connectivity index (χ1n) is 7.59. The van der Waals surface area contributed by atoms with Crippen LogP contribution in [0.3, 0.4) is 0 Å². The Balaban J connectivity index is 1.82. The van der Waals surface area contributed by atoms with Crippen molar-refractivity contribution in [2.75, 3.05) is 0 Å². The van der Waals surface area contributed by atoms with E-state index in [1.807, 2.05) is 0 Å². The van der Waals surface area contributed by atoms with Crippen molar-refractivity contribution in [2.24, 2.45) is 0 Å². The maximum absolute atomic E-state index is 12.9. The first-order valence-corrected chi connectivity index (χ1v) is 7.97. The van der Waals surface area contributed by atoms with Crippen molar-refractivity contribution in [1.29, 1.82) is 0 Å². The van der Waals surface area contributed by atoms with Gasteiger partial charge in [0.25, 0.3) is 0 Å². The van der Waals surface area contributed by atoms with Gasteiger partial charge in [-0.3, -0.25) is 9.59 Å². The molecule has 5 nitrogen and oxygen atoms in total. The quantitative estimate of drug-likeness (QED) is 0.509. The van der Waals surface area contributed by atoms with Gasteiger partial charge in [-0.25, -0.2) is 9.18 Å². The maximum Gasteiger partial charge on any atom is 0.375 e. The Hall–Kier alpha value is -2.99. The summed E-state index contributed by atoms with van der Waals surface area (Å²) in [7, 11) is 0. The summed E-state index contributed by atoms with van der Waals surface area (Å²) in [4.78, 5) is 36.5. The van der Waals surface area contributed by atoms with Crippen molar-refractivity contribution in [3.63, 3.8) is 0 Å². The number of halogens is 2. The van der Waals surface area contributed by atoms with Gasteiger partial charge in [0.15, 0.2) is 11.5 Å². The monoisotopic (exact) mass is 374 g/mol. The molecule has 1 aromatic heterocycles. The van der Waals surface area contributed by atoms with E-state index >= 15 is 0 Å². The summed E-state index contributed by atoms with van der Waals surface area (Å²) >= 11 is 5.83. The second-order valence-electron chi connectivity index (χ2n) is 5.53. The second-order valence-corrected chi connectivity index (χ2v) is 5.97. The van der Waals surface area contributed by atoms with E-state index < -0.39 is 29.1 Å². The number of hydrogen-bond acceptors (Lipinski definition) is 5. The van der Waals surface area contributed by atoms with Crippen LogP contribution in [-0.2, 0) is 4.74 Å². The highest BCUT2D eigenvalue weighted by Gasteiger charge is 2.22. The summed E-state index contributed by atoms with van der Waals surface area (Å²) in [5.74, 6) is -2.28. The van der Waals surface area contributed by atoms with Crippen LogP contribution in [0.4, 0.5) is 4.39 Å². The molecule has 0 saturated carbocycles. The number of hydrogen-bond donors (Lipinski definition) is 0. The van der Waals surface area contributed by atoms with Gasteiger partial charge >= 0.3 is 5.97 Å². The van der Waals surface area contributed by atoms with E-state index in [9.17, 15) is 18.8 Å². The molecular formula is C19H12ClFO5. The third-order valence-corrected chi connectivity index (χ3v) is 3.91. The number of Topliss-reactive ketones (excluding diaryl/α,β-unsaturated/α-hetero) is 1. The van der Waals surface area contributed by atoms with Gasteiger partial charge in [-0.15, -0.1) is 0 Å². The molecule has 0 aliphatic heterocycles. The van der Waals surface area contributed by atoms with Gasteiger partial charge in [-0.1, -0.05) is 11.6 Å². The standard InChI is InChI=1S/C19H12ClFO5/c1-10(18(23)11-2-5-13(21)6-3-11)25-19(24)17-9-15(22)14-8-12(20)4-7-16(14)26-17/h2-10H,1H3/t10-/m0/s1. The van der Waals surface area contributed by atoms with Gasteiger partial charge < -0.3 is 9.15 Å². The molecule has 7 heteroatoms. The number of fused-ring (bicyclic) bond motifs is 1. The summed E-state index contributed by atoms with van der Waals surface area (Å²) < 4.78 is 23.4. The first kappa shape index (κ1) is 17.8.